The monoisotopic (exact) mass is 268 g/mol. The molecule has 0 aliphatic carbocycles. The predicted octanol–water partition coefficient (Wildman–Crippen LogP) is 3.15. The van der Waals surface area contributed by atoms with Crippen molar-refractivity contribution in [3.63, 3.8) is 0 Å². The summed E-state index contributed by atoms with van der Waals surface area (Å²) in [5, 5.41) is 3.59. The van der Waals surface area contributed by atoms with E-state index in [1.54, 1.807) is 0 Å². The minimum Gasteiger partial charge on any atom is -0.329 e. The Labute approximate surface area is 122 Å². The molecule has 2 heteroatoms. The second-order valence-electron chi connectivity index (χ2n) is 5.10. The molecular formula is C18H24N2. The van der Waals surface area contributed by atoms with Crippen LogP contribution < -0.4 is 11.1 Å². The maximum atomic E-state index is 6.03. The zero-order valence-corrected chi connectivity index (χ0v) is 12.1. The van der Waals surface area contributed by atoms with Gasteiger partial charge in [0, 0.05) is 18.5 Å². The molecule has 1 atom stereocenters. The summed E-state index contributed by atoms with van der Waals surface area (Å²) in [6.07, 6.45) is 1.12. The van der Waals surface area contributed by atoms with Crippen LogP contribution in [0.25, 0.3) is 0 Å². The van der Waals surface area contributed by atoms with Crippen LogP contribution in [-0.2, 0) is 0 Å². The van der Waals surface area contributed by atoms with Gasteiger partial charge in [-0.3, -0.25) is 0 Å². The molecule has 0 fully saturated rings. The Balaban J connectivity index is 2.33. The minimum absolute atomic E-state index is 0.264. The van der Waals surface area contributed by atoms with Crippen molar-refractivity contribution in [3.8, 4) is 0 Å². The first-order valence-electron chi connectivity index (χ1n) is 7.40. The summed E-state index contributed by atoms with van der Waals surface area (Å²) in [6.45, 7) is 3.81. The van der Waals surface area contributed by atoms with Gasteiger partial charge in [-0.05, 0) is 24.1 Å². The average Bonchev–Trinajstić information content (AvgIpc) is 2.53. The van der Waals surface area contributed by atoms with E-state index in [-0.39, 0.29) is 6.04 Å². The quantitative estimate of drug-likeness (QED) is 0.809. The molecule has 3 N–H and O–H groups in total. The second-order valence-corrected chi connectivity index (χ2v) is 5.10. The molecule has 20 heavy (non-hydrogen) atoms. The topological polar surface area (TPSA) is 38.0 Å². The highest BCUT2D eigenvalue weighted by Crippen LogP contribution is 2.27. The van der Waals surface area contributed by atoms with Gasteiger partial charge in [-0.25, -0.2) is 0 Å². The van der Waals surface area contributed by atoms with Crippen LogP contribution in [0.15, 0.2) is 60.7 Å². The SMILES string of the molecule is CCCNC(CN)C(c1ccccc1)c1ccccc1. The molecule has 0 aliphatic rings. The van der Waals surface area contributed by atoms with Crippen molar-refractivity contribution in [2.24, 2.45) is 5.73 Å². The Morgan fingerprint density at radius 2 is 1.40 bits per heavy atom. The van der Waals surface area contributed by atoms with E-state index >= 15 is 0 Å². The number of rotatable bonds is 7. The van der Waals surface area contributed by atoms with Crippen LogP contribution >= 0.6 is 0 Å². The zero-order valence-electron chi connectivity index (χ0n) is 12.1. The molecule has 0 saturated heterocycles. The Morgan fingerprint density at radius 3 is 1.80 bits per heavy atom. The molecule has 0 radical (unpaired) electrons. The third-order valence-corrected chi connectivity index (χ3v) is 3.63. The summed E-state index contributed by atoms with van der Waals surface area (Å²) < 4.78 is 0. The summed E-state index contributed by atoms with van der Waals surface area (Å²) >= 11 is 0. The van der Waals surface area contributed by atoms with E-state index in [9.17, 15) is 0 Å². The summed E-state index contributed by atoms with van der Waals surface area (Å²) in [7, 11) is 0. The van der Waals surface area contributed by atoms with E-state index in [1.165, 1.54) is 11.1 Å². The van der Waals surface area contributed by atoms with Crippen LogP contribution in [0.1, 0.15) is 30.4 Å². The first kappa shape index (κ1) is 14.8. The van der Waals surface area contributed by atoms with Gasteiger partial charge >= 0.3 is 0 Å². The van der Waals surface area contributed by atoms with Crippen LogP contribution in [0.5, 0.6) is 0 Å². The summed E-state index contributed by atoms with van der Waals surface area (Å²) in [6, 6.07) is 21.5. The van der Waals surface area contributed by atoms with E-state index < -0.39 is 0 Å². The maximum absolute atomic E-state index is 6.03. The highest BCUT2D eigenvalue weighted by atomic mass is 14.9. The normalized spacial score (nSPS) is 12.6. The predicted molar refractivity (Wildman–Crippen MR) is 85.9 cm³/mol. The fourth-order valence-corrected chi connectivity index (χ4v) is 2.64. The van der Waals surface area contributed by atoms with Crippen molar-refractivity contribution >= 4 is 0 Å². The van der Waals surface area contributed by atoms with E-state index in [0.717, 1.165) is 13.0 Å². The fraction of sp³-hybridized carbons (Fsp3) is 0.333. The number of hydrogen-bond donors (Lipinski definition) is 2. The molecule has 1 unspecified atom stereocenters. The number of hydrogen-bond acceptors (Lipinski definition) is 2. The van der Waals surface area contributed by atoms with Crippen LogP contribution in [0.4, 0.5) is 0 Å². The number of nitrogens with one attached hydrogen (secondary N) is 1. The molecule has 2 nitrogen and oxygen atoms in total. The molecule has 0 bridgehead atoms. The third kappa shape index (κ3) is 3.69. The van der Waals surface area contributed by atoms with Crippen LogP contribution in [0.3, 0.4) is 0 Å². The van der Waals surface area contributed by atoms with Crippen LogP contribution in [0.2, 0.25) is 0 Å². The smallest absolute Gasteiger partial charge is 0.0299 e. The molecule has 0 aliphatic heterocycles. The lowest BCUT2D eigenvalue weighted by Gasteiger charge is -2.28. The van der Waals surface area contributed by atoms with Crippen LogP contribution in [-0.4, -0.2) is 19.1 Å². The van der Waals surface area contributed by atoms with Gasteiger partial charge in [0.1, 0.15) is 0 Å². The molecule has 0 saturated carbocycles. The maximum Gasteiger partial charge on any atom is 0.0299 e. The molecular weight excluding hydrogens is 244 g/mol. The molecule has 106 valence electrons. The Morgan fingerprint density at radius 1 is 0.900 bits per heavy atom. The minimum atomic E-state index is 0.264. The van der Waals surface area contributed by atoms with Gasteiger partial charge in [-0.15, -0.1) is 0 Å². The van der Waals surface area contributed by atoms with Crippen LogP contribution in [0, 0.1) is 0 Å². The summed E-state index contributed by atoms with van der Waals surface area (Å²) in [5.41, 5.74) is 8.66. The van der Waals surface area contributed by atoms with Crippen molar-refractivity contribution < 1.29 is 0 Å². The Kier molecular flexibility index (Phi) is 5.78. The van der Waals surface area contributed by atoms with E-state index in [4.69, 9.17) is 5.73 Å². The van der Waals surface area contributed by atoms with Gasteiger partial charge in [0.2, 0.25) is 0 Å². The van der Waals surface area contributed by atoms with Crippen molar-refractivity contribution in [1.29, 1.82) is 0 Å². The van der Waals surface area contributed by atoms with Crippen molar-refractivity contribution in [3.05, 3.63) is 71.8 Å². The lowest BCUT2D eigenvalue weighted by molar-refractivity contribution is 0.473. The van der Waals surface area contributed by atoms with E-state index in [0.29, 0.717) is 12.5 Å². The molecule has 0 heterocycles. The van der Waals surface area contributed by atoms with Gasteiger partial charge < -0.3 is 11.1 Å². The highest BCUT2D eigenvalue weighted by Gasteiger charge is 2.22. The highest BCUT2D eigenvalue weighted by molar-refractivity contribution is 5.34. The summed E-state index contributed by atoms with van der Waals surface area (Å²) in [5.74, 6) is 0.300. The molecule has 2 aromatic carbocycles. The van der Waals surface area contributed by atoms with Gasteiger partial charge in [0.15, 0.2) is 0 Å². The van der Waals surface area contributed by atoms with Gasteiger partial charge in [-0.1, -0.05) is 67.6 Å². The van der Waals surface area contributed by atoms with Crippen molar-refractivity contribution in [2.75, 3.05) is 13.1 Å². The first-order chi connectivity index (χ1) is 9.86. The second kappa shape index (κ2) is 7.83. The third-order valence-electron chi connectivity index (χ3n) is 3.63. The van der Waals surface area contributed by atoms with Crippen molar-refractivity contribution in [1.82, 2.24) is 5.32 Å². The molecule has 0 aromatic heterocycles. The molecule has 2 rings (SSSR count). The lowest BCUT2D eigenvalue weighted by atomic mass is 9.85. The Bertz CT molecular complexity index is 442. The first-order valence-corrected chi connectivity index (χ1v) is 7.40. The lowest BCUT2D eigenvalue weighted by Crippen LogP contribution is -2.41. The Hall–Kier alpha value is -1.64. The number of benzene rings is 2. The largest absolute Gasteiger partial charge is 0.329 e. The van der Waals surface area contributed by atoms with Gasteiger partial charge in [-0.2, -0.15) is 0 Å². The molecule has 2 aromatic rings. The zero-order chi connectivity index (χ0) is 14.2. The standard InChI is InChI=1S/C18H24N2/c1-2-13-20-17(14-19)18(15-9-5-3-6-10-15)16-11-7-4-8-12-16/h3-12,17-18,20H,2,13-14,19H2,1H3. The van der Waals surface area contributed by atoms with E-state index in [2.05, 4.69) is 72.9 Å². The molecule has 0 spiro atoms. The van der Waals surface area contributed by atoms with Gasteiger partial charge in [0.25, 0.3) is 0 Å². The number of nitrogens with two attached hydrogens (primary N) is 1. The molecule has 0 amide bonds. The van der Waals surface area contributed by atoms with E-state index in [1.807, 2.05) is 0 Å². The van der Waals surface area contributed by atoms with Crippen molar-refractivity contribution in [2.45, 2.75) is 25.3 Å². The average molecular weight is 268 g/mol. The van der Waals surface area contributed by atoms with Gasteiger partial charge in [0.05, 0.1) is 0 Å². The fourth-order valence-electron chi connectivity index (χ4n) is 2.64. The summed E-state index contributed by atoms with van der Waals surface area (Å²) in [4.78, 5) is 0.